The molecule has 0 saturated carbocycles. The Morgan fingerprint density at radius 3 is 2.81 bits per heavy atom. The minimum Gasteiger partial charge on any atom is -0.305 e. The Morgan fingerprint density at radius 2 is 2.06 bits per heavy atom. The van der Waals surface area contributed by atoms with Crippen LogP contribution in [0.3, 0.4) is 0 Å². The Balaban J connectivity index is 1.87. The van der Waals surface area contributed by atoms with E-state index in [9.17, 15) is 0 Å². The predicted octanol–water partition coefficient (Wildman–Crippen LogP) is 1.47. The van der Waals surface area contributed by atoms with Gasteiger partial charge >= 0.3 is 0 Å². The van der Waals surface area contributed by atoms with Crippen molar-refractivity contribution in [2.45, 2.75) is 20.0 Å². The first-order valence-electron chi connectivity index (χ1n) is 5.22. The zero-order chi connectivity index (χ0) is 11.2. The first-order chi connectivity index (χ1) is 7.86. The van der Waals surface area contributed by atoms with Crippen molar-refractivity contribution in [1.82, 2.24) is 20.3 Å². The van der Waals surface area contributed by atoms with Crippen molar-refractivity contribution in [2.75, 3.05) is 0 Å². The minimum atomic E-state index is 0.712. The topological polar surface area (TPSA) is 50.7 Å². The van der Waals surface area contributed by atoms with Gasteiger partial charge in [0, 0.05) is 37.9 Å². The predicted molar refractivity (Wildman–Crippen MR) is 61.5 cm³/mol. The second-order valence-corrected chi connectivity index (χ2v) is 3.57. The molecular weight excluding hydrogens is 200 g/mol. The molecule has 0 amide bonds. The quantitative estimate of drug-likeness (QED) is 0.837. The Hall–Kier alpha value is -1.81. The maximum absolute atomic E-state index is 4.31. The molecule has 0 bridgehead atoms. The van der Waals surface area contributed by atoms with Gasteiger partial charge in [-0.3, -0.25) is 15.0 Å². The van der Waals surface area contributed by atoms with Crippen molar-refractivity contribution >= 4 is 0 Å². The van der Waals surface area contributed by atoms with Crippen LogP contribution in [0.25, 0.3) is 0 Å². The van der Waals surface area contributed by atoms with Crippen LogP contribution in [0.2, 0.25) is 0 Å². The third kappa shape index (κ3) is 2.84. The molecule has 2 aromatic heterocycles. The van der Waals surface area contributed by atoms with E-state index in [1.807, 2.05) is 12.3 Å². The first-order valence-corrected chi connectivity index (χ1v) is 5.22. The number of nitrogens with one attached hydrogen (secondary N) is 1. The monoisotopic (exact) mass is 214 g/mol. The molecule has 0 saturated heterocycles. The SMILES string of the molecule is Cc1cccnc1CNCc1cnccn1. The standard InChI is InChI=1S/C12H14N4/c1-10-3-2-4-16-12(10)9-14-8-11-7-13-5-6-15-11/h2-7,14H,8-9H2,1H3. The van der Waals surface area contributed by atoms with E-state index < -0.39 is 0 Å². The van der Waals surface area contributed by atoms with Crippen LogP contribution in [-0.2, 0) is 13.1 Å². The van der Waals surface area contributed by atoms with Crippen LogP contribution in [0.5, 0.6) is 0 Å². The Kier molecular flexibility index (Phi) is 3.56. The summed E-state index contributed by atoms with van der Waals surface area (Å²) in [5.74, 6) is 0. The summed E-state index contributed by atoms with van der Waals surface area (Å²) >= 11 is 0. The molecule has 4 heteroatoms. The van der Waals surface area contributed by atoms with E-state index in [0.29, 0.717) is 6.54 Å². The number of rotatable bonds is 4. The number of pyridine rings is 1. The maximum Gasteiger partial charge on any atom is 0.0724 e. The fraction of sp³-hybridized carbons (Fsp3) is 0.250. The van der Waals surface area contributed by atoms with Gasteiger partial charge in [-0.15, -0.1) is 0 Å². The van der Waals surface area contributed by atoms with Crippen molar-refractivity contribution in [3.05, 3.63) is 53.9 Å². The number of nitrogens with zero attached hydrogens (tertiary/aromatic N) is 3. The normalized spacial score (nSPS) is 10.3. The summed E-state index contributed by atoms with van der Waals surface area (Å²) < 4.78 is 0. The molecule has 0 spiro atoms. The van der Waals surface area contributed by atoms with E-state index in [1.165, 1.54) is 5.56 Å². The van der Waals surface area contributed by atoms with E-state index in [2.05, 4.69) is 33.3 Å². The van der Waals surface area contributed by atoms with Gasteiger partial charge < -0.3 is 5.32 Å². The lowest BCUT2D eigenvalue weighted by Gasteiger charge is -2.05. The highest BCUT2D eigenvalue weighted by molar-refractivity contribution is 5.17. The summed E-state index contributed by atoms with van der Waals surface area (Å²) in [5, 5.41) is 3.29. The third-order valence-corrected chi connectivity index (χ3v) is 2.33. The van der Waals surface area contributed by atoms with Gasteiger partial charge in [-0.1, -0.05) is 6.07 Å². The minimum absolute atomic E-state index is 0.712. The van der Waals surface area contributed by atoms with Gasteiger partial charge in [-0.05, 0) is 18.6 Å². The average Bonchev–Trinajstić information content (AvgIpc) is 2.33. The van der Waals surface area contributed by atoms with Crippen LogP contribution >= 0.6 is 0 Å². The molecule has 82 valence electrons. The summed E-state index contributed by atoms with van der Waals surface area (Å²) in [5.41, 5.74) is 3.22. The summed E-state index contributed by atoms with van der Waals surface area (Å²) in [6.07, 6.45) is 6.94. The summed E-state index contributed by atoms with van der Waals surface area (Å²) in [4.78, 5) is 12.5. The van der Waals surface area contributed by atoms with E-state index in [0.717, 1.165) is 17.9 Å². The van der Waals surface area contributed by atoms with E-state index in [4.69, 9.17) is 0 Å². The Morgan fingerprint density at radius 1 is 1.12 bits per heavy atom. The van der Waals surface area contributed by atoms with Gasteiger partial charge in [-0.25, -0.2) is 0 Å². The van der Waals surface area contributed by atoms with Crippen LogP contribution in [0.4, 0.5) is 0 Å². The smallest absolute Gasteiger partial charge is 0.0724 e. The average molecular weight is 214 g/mol. The molecule has 1 N–H and O–H groups in total. The molecule has 2 rings (SSSR count). The number of hydrogen-bond acceptors (Lipinski definition) is 4. The Labute approximate surface area is 94.8 Å². The lowest BCUT2D eigenvalue weighted by Crippen LogP contribution is -2.15. The molecule has 0 fully saturated rings. The van der Waals surface area contributed by atoms with Crippen LogP contribution < -0.4 is 5.32 Å². The lowest BCUT2D eigenvalue weighted by atomic mass is 10.2. The molecule has 0 radical (unpaired) electrons. The first kappa shape index (κ1) is 10.7. The summed E-state index contributed by atoms with van der Waals surface area (Å²) in [7, 11) is 0. The van der Waals surface area contributed by atoms with E-state index in [-0.39, 0.29) is 0 Å². The maximum atomic E-state index is 4.31. The second-order valence-electron chi connectivity index (χ2n) is 3.57. The van der Waals surface area contributed by atoms with Gasteiger partial charge in [0.05, 0.1) is 11.4 Å². The van der Waals surface area contributed by atoms with Crippen molar-refractivity contribution < 1.29 is 0 Å². The van der Waals surface area contributed by atoms with Gasteiger partial charge in [-0.2, -0.15) is 0 Å². The fourth-order valence-corrected chi connectivity index (χ4v) is 1.43. The molecule has 0 atom stereocenters. The molecule has 16 heavy (non-hydrogen) atoms. The van der Waals surface area contributed by atoms with E-state index >= 15 is 0 Å². The van der Waals surface area contributed by atoms with Crippen molar-refractivity contribution in [3.8, 4) is 0 Å². The highest BCUT2D eigenvalue weighted by Crippen LogP contribution is 2.02. The van der Waals surface area contributed by atoms with Crippen LogP contribution in [0.1, 0.15) is 17.0 Å². The van der Waals surface area contributed by atoms with Crippen LogP contribution in [0, 0.1) is 6.92 Å². The van der Waals surface area contributed by atoms with Crippen molar-refractivity contribution in [2.24, 2.45) is 0 Å². The molecule has 0 aromatic carbocycles. The largest absolute Gasteiger partial charge is 0.305 e. The Bertz CT molecular complexity index is 442. The molecular formula is C12H14N4. The number of hydrogen-bond donors (Lipinski definition) is 1. The van der Waals surface area contributed by atoms with Crippen LogP contribution in [-0.4, -0.2) is 15.0 Å². The third-order valence-electron chi connectivity index (χ3n) is 2.33. The lowest BCUT2D eigenvalue weighted by molar-refractivity contribution is 0.662. The highest BCUT2D eigenvalue weighted by Gasteiger charge is 1.98. The van der Waals surface area contributed by atoms with Crippen LogP contribution in [0.15, 0.2) is 36.9 Å². The van der Waals surface area contributed by atoms with E-state index in [1.54, 1.807) is 18.6 Å². The fourth-order valence-electron chi connectivity index (χ4n) is 1.43. The van der Waals surface area contributed by atoms with Gasteiger partial charge in [0.1, 0.15) is 0 Å². The number of aryl methyl sites for hydroxylation is 1. The summed E-state index contributed by atoms with van der Waals surface area (Å²) in [6, 6.07) is 4.01. The molecule has 0 aliphatic rings. The molecule has 2 aromatic rings. The molecule has 0 aliphatic heterocycles. The van der Waals surface area contributed by atoms with Gasteiger partial charge in [0.2, 0.25) is 0 Å². The van der Waals surface area contributed by atoms with Gasteiger partial charge in [0.15, 0.2) is 0 Å². The zero-order valence-electron chi connectivity index (χ0n) is 9.22. The second kappa shape index (κ2) is 5.32. The molecule has 0 aliphatic carbocycles. The summed E-state index contributed by atoms with van der Waals surface area (Å²) in [6.45, 7) is 3.53. The zero-order valence-corrected chi connectivity index (χ0v) is 9.22. The molecule has 4 nitrogen and oxygen atoms in total. The molecule has 0 unspecified atom stereocenters. The van der Waals surface area contributed by atoms with Gasteiger partial charge in [0.25, 0.3) is 0 Å². The van der Waals surface area contributed by atoms with Crippen molar-refractivity contribution in [1.29, 1.82) is 0 Å². The van der Waals surface area contributed by atoms with Crippen molar-refractivity contribution in [3.63, 3.8) is 0 Å². The highest BCUT2D eigenvalue weighted by atomic mass is 14.9. The molecule has 2 heterocycles. The number of aromatic nitrogens is 3.